The second kappa shape index (κ2) is 5.14. The number of H-pyrrole nitrogens is 1. The third-order valence-electron chi connectivity index (χ3n) is 2.86. The fourth-order valence-electron chi connectivity index (χ4n) is 1.74. The van der Waals surface area contributed by atoms with Crippen molar-refractivity contribution in [3.05, 3.63) is 51.9 Å². The Kier molecular flexibility index (Phi) is 3.58. The average molecular weight is 243 g/mol. The summed E-state index contributed by atoms with van der Waals surface area (Å²) >= 11 is 0. The van der Waals surface area contributed by atoms with Crippen molar-refractivity contribution < 1.29 is 0 Å². The second-order valence-corrected chi connectivity index (χ2v) is 4.36. The maximum Gasteiger partial charge on any atom is 0.251 e. The predicted octanol–water partition coefficient (Wildman–Crippen LogP) is 2.02. The number of aryl methyl sites for hydroxylation is 1. The molecule has 4 heteroatoms. The Morgan fingerprint density at radius 3 is 2.56 bits per heavy atom. The maximum absolute atomic E-state index is 11.6. The van der Waals surface area contributed by atoms with Crippen LogP contribution in [0.4, 0.5) is 0 Å². The number of rotatable bonds is 3. The minimum absolute atomic E-state index is 0.174. The summed E-state index contributed by atoms with van der Waals surface area (Å²) in [6.45, 7) is 3.91. The van der Waals surface area contributed by atoms with Gasteiger partial charge in [0.2, 0.25) is 0 Å². The van der Waals surface area contributed by atoms with Gasteiger partial charge in [0.05, 0.1) is 5.69 Å². The highest BCUT2D eigenvalue weighted by atomic mass is 16.1. The first kappa shape index (κ1) is 12.5. The summed E-state index contributed by atoms with van der Waals surface area (Å²) in [4.78, 5) is 18.7. The van der Waals surface area contributed by atoms with Gasteiger partial charge in [-0.2, -0.15) is 0 Å². The molecule has 0 aliphatic rings. The SMILES string of the molecule is CCc1ccc(-c2nc(C(C)N)cc(=O)[nH]2)cc1. The van der Waals surface area contributed by atoms with E-state index in [9.17, 15) is 4.79 Å². The molecule has 0 saturated heterocycles. The minimum atomic E-state index is -0.249. The van der Waals surface area contributed by atoms with Gasteiger partial charge in [0.1, 0.15) is 5.82 Å². The minimum Gasteiger partial charge on any atom is -0.323 e. The first-order valence-electron chi connectivity index (χ1n) is 6.06. The molecule has 2 rings (SSSR count). The summed E-state index contributed by atoms with van der Waals surface area (Å²) in [7, 11) is 0. The highest BCUT2D eigenvalue weighted by Gasteiger charge is 2.07. The Hall–Kier alpha value is -1.94. The lowest BCUT2D eigenvalue weighted by atomic mass is 10.1. The van der Waals surface area contributed by atoms with Crippen LogP contribution in [0, 0.1) is 0 Å². The molecule has 1 heterocycles. The maximum atomic E-state index is 11.6. The van der Waals surface area contributed by atoms with Crippen molar-refractivity contribution in [3.8, 4) is 11.4 Å². The third-order valence-corrected chi connectivity index (χ3v) is 2.86. The van der Waals surface area contributed by atoms with Crippen LogP contribution in [0.1, 0.15) is 31.1 Å². The van der Waals surface area contributed by atoms with Crippen molar-refractivity contribution in [2.75, 3.05) is 0 Å². The quantitative estimate of drug-likeness (QED) is 0.866. The topological polar surface area (TPSA) is 71.8 Å². The van der Waals surface area contributed by atoms with E-state index < -0.39 is 0 Å². The summed E-state index contributed by atoms with van der Waals surface area (Å²) in [6.07, 6.45) is 0.990. The Morgan fingerprint density at radius 1 is 1.33 bits per heavy atom. The lowest BCUT2D eigenvalue weighted by molar-refractivity contribution is 0.773. The number of aromatic nitrogens is 2. The molecule has 18 heavy (non-hydrogen) atoms. The number of aromatic amines is 1. The van der Waals surface area contributed by atoms with Crippen LogP contribution in [0.25, 0.3) is 11.4 Å². The molecule has 1 aromatic carbocycles. The molecule has 1 unspecified atom stereocenters. The van der Waals surface area contributed by atoms with E-state index in [0.29, 0.717) is 11.5 Å². The van der Waals surface area contributed by atoms with Crippen molar-refractivity contribution in [1.29, 1.82) is 0 Å². The summed E-state index contributed by atoms with van der Waals surface area (Å²) in [6, 6.07) is 9.18. The lowest BCUT2D eigenvalue weighted by Crippen LogP contribution is -2.15. The summed E-state index contributed by atoms with van der Waals surface area (Å²) in [5.41, 5.74) is 8.34. The molecule has 0 bridgehead atoms. The summed E-state index contributed by atoms with van der Waals surface area (Å²) < 4.78 is 0. The van der Waals surface area contributed by atoms with Crippen LogP contribution in [0.5, 0.6) is 0 Å². The standard InChI is InChI=1S/C14H17N3O/c1-3-10-4-6-11(7-5-10)14-16-12(9(2)15)8-13(18)17-14/h4-9H,3,15H2,1-2H3,(H,16,17,18). The van der Waals surface area contributed by atoms with Gasteiger partial charge in [0, 0.05) is 17.7 Å². The number of nitrogens with two attached hydrogens (primary N) is 1. The van der Waals surface area contributed by atoms with E-state index in [0.717, 1.165) is 12.0 Å². The van der Waals surface area contributed by atoms with Crippen molar-refractivity contribution in [1.82, 2.24) is 9.97 Å². The van der Waals surface area contributed by atoms with E-state index >= 15 is 0 Å². The largest absolute Gasteiger partial charge is 0.323 e. The van der Waals surface area contributed by atoms with E-state index in [4.69, 9.17) is 5.73 Å². The van der Waals surface area contributed by atoms with Gasteiger partial charge in [-0.15, -0.1) is 0 Å². The van der Waals surface area contributed by atoms with E-state index in [2.05, 4.69) is 16.9 Å². The zero-order valence-electron chi connectivity index (χ0n) is 10.6. The summed E-state index contributed by atoms with van der Waals surface area (Å²) in [5.74, 6) is 0.567. The van der Waals surface area contributed by atoms with Crippen molar-refractivity contribution >= 4 is 0 Å². The van der Waals surface area contributed by atoms with E-state index in [1.807, 2.05) is 31.2 Å². The van der Waals surface area contributed by atoms with Gasteiger partial charge in [0.25, 0.3) is 5.56 Å². The number of nitrogens with one attached hydrogen (secondary N) is 1. The number of nitrogens with zero attached hydrogens (tertiary/aromatic N) is 1. The first-order chi connectivity index (χ1) is 8.60. The molecule has 3 N–H and O–H groups in total. The van der Waals surface area contributed by atoms with E-state index in [-0.39, 0.29) is 11.6 Å². The van der Waals surface area contributed by atoms with E-state index in [1.165, 1.54) is 11.6 Å². The molecule has 0 spiro atoms. The van der Waals surface area contributed by atoms with Crippen LogP contribution in [0.3, 0.4) is 0 Å². The molecular formula is C14H17N3O. The molecule has 0 aliphatic heterocycles. The van der Waals surface area contributed by atoms with Crippen LogP contribution in [0.2, 0.25) is 0 Å². The zero-order chi connectivity index (χ0) is 13.1. The fraction of sp³-hybridized carbons (Fsp3) is 0.286. The molecule has 0 aliphatic carbocycles. The zero-order valence-corrected chi connectivity index (χ0v) is 10.6. The molecule has 1 atom stereocenters. The van der Waals surface area contributed by atoms with Crippen LogP contribution < -0.4 is 11.3 Å². The van der Waals surface area contributed by atoms with Crippen molar-refractivity contribution in [3.63, 3.8) is 0 Å². The normalized spacial score (nSPS) is 12.4. The first-order valence-corrected chi connectivity index (χ1v) is 6.06. The van der Waals surface area contributed by atoms with Crippen LogP contribution in [-0.2, 0) is 6.42 Å². The molecule has 0 amide bonds. The number of hydrogen-bond donors (Lipinski definition) is 2. The monoisotopic (exact) mass is 243 g/mol. The molecule has 94 valence electrons. The van der Waals surface area contributed by atoms with Gasteiger partial charge in [-0.3, -0.25) is 4.79 Å². The van der Waals surface area contributed by atoms with Crippen molar-refractivity contribution in [2.45, 2.75) is 26.3 Å². The second-order valence-electron chi connectivity index (χ2n) is 4.36. The highest BCUT2D eigenvalue weighted by Crippen LogP contribution is 2.16. The molecule has 0 radical (unpaired) electrons. The smallest absolute Gasteiger partial charge is 0.251 e. The average Bonchev–Trinajstić information content (AvgIpc) is 2.38. The van der Waals surface area contributed by atoms with Crippen molar-refractivity contribution in [2.24, 2.45) is 5.73 Å². The van der Waals surface area contributed by atoms with Gasteiger partial charge < -0.3 is 10.7 Å². The van der Waals surface area contributed by atoms with Gasteiger partial charge in [-0.05, 0) is 18.9 Å². The predicted molar refractivity (Wildman–Crippen MR) is 72.3 cm³/mol. The fourth-order valence-corrected chi connectivity index (χ4v) is 1.74. The number of hydrogen-bond acceptors (Lipinski definition) is 3. The molecule has 4 nitrogen and oxygen atoms in total. The van der Waals surface area contributed by atoms with Crippen LogP contribution >= 0.6 is 0 Å². The Balaban J connectivity index is 2.46. The molecule has 1 aromatic heterocycles. The molecular weight excluding hydrogens is 226 g/mol. The lowest BCUT2D eigenvalue weighted by Gasteiger charge is -2.07. The Morgan fingerprint density at radius 2 is 2.00 bits per heavy atom. The third kappa shape index (κ3) is 2.65. The Labute approximate surface area is 106 Å². The van der Waals surface area contributed by atoms with Gasteiger partial charge >= 0.3 is 0 Å². The molecule has 0 fully saturated rings. The van der Waals surface area contributed by atoms with E-state index in [1.54, 1.807) is 0 Å². The van der Waals surface area contributed by atoms with Gasteiger partial charge in [-0.1, -0.05) is 31.2 Å². The number of benzene rings is 1. The van der Waals surface area contributed by atoms with Crippen LogP contribution in [-0.4, -0.2) is 9.97 Å². The molecule has 2 aromatic rings. The van der Waals surface area contributed by atoms with Gasteiger partial charge in [0.15, 0.2) is 0 Å². The Bertz CT molecular complexity index is 585. The summed E-state index contributed by atoms with van der Waals surface area (Å²) in [5, 5.41) is 0. The van der Waals surface area contributed by atoms with Gasteiger partial charge in [-0.25, -0.2) is 4.98 Å². The van der Waals surface area contributed by atoms with Crippen LogP contribution in [0.15, 0.2) is 35.1 Å². The molecule has 0 saturated carbocycles. The highest BCUT2D eigenvalue weighted by molar-refractivity contribution is 5.55.